The highest BCUT2D eigenvalue weighted by atomic mass is 16.3. The molecule has 30 heavy (non-hydrogen) atoms. The van der Waals surface area contributed by atoms with Gasteiger partial charge in [0.2, 0.25) is 5.91 Å². The van der Waals surface area contributed by atoms with Crippen LogP contribution in [0.3, 0.4) is 0 Å². The number of aromatic hydroxyl groups is 1. The van der Waals surface area contributed by atoms with Crippen molar-refractivity contribution in [3.8, 4) is 5.75 Å². The summed E-state index contributed by atoms with van der Waals surface area (Å²) in [6.07, 6.45) is 17.7. The number of phenolic OH excluding ortho intramolecular Hbond substituents is 1. The third-order valence-electron chi connectivity index (χ3n) is 5.75. The molecule has 0 radical (unpaired) electrons. The van der Waals surface area contributed by atoms with Crippen molar-refractivity contribution < 1.29 is 15.0 Å². The zero-order chi connectivity index (χ0) is 21.9. The predicted octanol–water partition coefficient (Wildman–Crippen LogP) is 6.28. The molecule has 1 aromatic carbocycles. The molecule has 4 nitrogen and oxygen atoms in total. The van der Waals surface area contributed by atoms with E-state index in [1.54, 1.807) is 12.1 Å². The van der Waals surface area contributed by atoms with Gasteiger partial charge in [-0.2, -0.15) is 0 Å². The molecule has 0 aliphatic heterocycles. The number of hydrogen-bond acceptors (Lipinski definition) is 3. The minimum Gasteiger partial charge on any atom is -0.508 e. The first-order valence-corrected chi connectivity index (χ1v) is 12.3. The molecule has 0 aromatic heterocycles. The molecular weight excluding hydrogens is 374 g/mol. The van der Waals surface area contributed by atoms with Gasteiger partial charge in [-0.05, 0) is 43.4 Å². The fraction of sp³-hybridized carbons (Fsp3) is 0.731. The monoisotopic (exact) mass is 419 g/mol. The highest BCUT2D eigenvalue weighted by Gasteiger charge is 2.04. The second-order valence-corrected chi connectivity index (χ2v) is 8.64. The van der Waals surface area contributed by atoms with Crippen LogP contribution in [0.2, 0.25) is 0 Å². The van der Waals surface area contributed by atoms with Crippen LogP contribution in [-0.2, 0) is 11.2 Å². The van der Waals surface area contributed by atoms with E-state index < -0.39 is 0 Å². The average Bonchev–Trinajstić information content (AvgIpc) is 2.74. The van der Waals surface area contributed by atoms with Gasteiger partial charge in [0.15, 0.2) is 0 Å². The van der Waals surface area contributed by atoms with Crippen LogP contribution in [0.1, 0.15) is 109 Å². The molecule has 172 valence electrons. The van der Waals surface area contributed by atoms with Crippen LogP contribution in [0.4, 0.5) is 0 Å². The maximum atomic E-state index is 11.9. The number of unbranched alkanes of at least 4 members (excludes halogenated alkanes) is 10. The van der Waals surface area contributed by atoms with Gasteiger partial charge in [-0.15, -0.1) is 0 Å². The lowest BCUT2D eigenvalue weighted by atomic mass is 10.0. The molecular formula is C26H45NO3. The van der Waals surface area contributed by atoms with E-state index in [4.69, 9.17) is 0 Å². The summed E-state index contributed by atoms with van der Waals surface area (Å²) >= 11 is 0. The number of hydrogen-bond donors (Lipinski definition) is 3. The van der Waals surface area contributed by atoms with E-state index in [1.165, 1.54) is 57.8 Å². The molecule has 0 bridgehead atoms. The van der Waals surface area contributed by atoms with Crippen LogP contribution in [0.25, 0.3) is 0 Å². The summed E-state index contributed by atoms with van der Waals surface area (Å²) in [5.74, 6) is 0.414. The molecule has 3 N–H and O–H groups in total. The van der Waals surface area contributed by atoms with E-state index in [-0.39, 0.29) is 17.8 Å². The van der Waals surface area contributed by atoms with Crippen molar-refractivity contribution in [1.29, 1.82) is 0 Å². The molecule has 1 unspecified atom stereocenters. The second kappa shape index (κ2) is 18.2. The summed E-state index contributed by atoms with van der Waals surface area (Å²) in [6, 6.07) is 7.13. The van der Waals surface area contributed by atoms with Crippen molar-refractivity contribution >= 4 is 5.91 Å². The average molecular weight is 420 g/mol. The minimum atomic E-state index is -0.0888. The number of nitrogens with one attached hydrogen (secondary N) is 1. The van der Waals surface area contributed by atoms with Gasteiger partial charge in [0.05, 0.1) is 6.10 Å². The Labute approximate surface area is 184 Å². The number of carbonyl (C=O) groups is 1. The van der Waals surface area contributed by atoms with Gasteiger partial charge in [0.25, 0.3) is 0 Å². The van der Waals surface area contributed by atoms with Crippen molar-refractivity contribution in [2.45, 2.75) is 116 Å². The van der Waals surface area contributed by atoms with Gasteiger partial charge >= 0.3 is 0 Å². The van der Waals surface area contributed by atoms with Crippen molar-refractivity contribution in [3.05, 3.63) is 29.8 Å². The SMILES string of the molecule is CCCCCCC(O)CCCCCCCCCCC(=O)NCCc1ccc(O)cc1. The Morgan fingerprint density at radius 1 is 0.833 bits per heavy atom. The fourth-order valence-corrected chi connectivity index (χ4v) is 3.77. The maximum Gasteiger partial charge on any atom is 0.220 e. The predicted molar refractivity (Wildman–Crippen MR) is 126 cm³/mol. The molecule has 4 heteroatoms. The number of aliphatic hydroxyl groups excluding tert-OH is 1. The molecule has 1 rings (SSSR count). The molecule has 0 aliphatic carbocycles. The van der Waals surface area contributed by atoms with Crippen LogP contribution in [0.15, 0.2) is 24.3 Å². The Bertz CT molecular complexity index is 530. The number of benzene rings is 1. The maximum absolute atomic E-state index is 11.9. The quantitative estimate of drug-likeness (QED) is 0.231. The summed E-state index contributed by atoms with van der Waals surface area (Å²) in [7, 11) is 0. The second-order valence-electron chi connectivity index (χ2n) is 8.64. The van der Waals surface area contributed by atoms with Gasteiger partial charge in [-0.25, -0.2) is 0 Å². The van der Waals surface area contributed by atoms with Crippen LogP contribution in [0, 0.1) is 0 Å². The van der Waals surface area contributed by atoms with E-state index in [0.717, 1.165) is 44.1 Å². The summed E-state index contributed by atoms with van der Waals surface area (Å²) in [5, 5.41) is 22.2. The molecule has 0 spiro atoms. The summed E-state index contributed by atoms with van der Waals surface area (Å²) in [4.78, 5) is 11.9. The summed E-state index contributed by atoms with van der Waals surface area (Å²) < 4.78 is 0. The normalized spacial score (nSPS) is 12.1. The first kappa shape index (κ1) is 26.5. The van der Waals surface area contributed by atoms with E-state index in [0.29, 0.717) is 13.0 Å². The van der Waals surface area contributed by atoms with E-state index >= 15 is 0 Å². The number of carbonyl (C=O) groups excluding carboxylic acids is 1. The van der Waals surface area contributed by atoms with Gasteiger partial charge in [-0.3, -0.25) is 4.79 Å². The Kier molecular flexibility index (Phi) is 16.1. The Morgan fingerprint density at radius 3 is 1.97 bits per heavy atom. The lowest BCUT2D eigenvalue weighted by molar-refractivity contribution is -0.121. The van der Waals surface area contributed by atoms with E-state index in [1.807, 2.05) is 12.1 Å². The molecule has 1 aromatic rings. The highest BCUT2D eigenvalue weighted by Crippen LogP contribution is 2.14. The molecule has 0 saturated heterocycles. The number of aliphatic hydroxyl groups is 1. The van der Waals surface area contributed by atoms with E-state index in [9.17, 15) is 15.0 Å². The topological polar surface area (TPSA) is 69.6 Å². The molecule has 1 amide bonds. The van der Waals surface area contributed by atoms with Crippen LogP contribution >= 0.6 is 0 Å². The van der Waals surface area contributed by atoms with Crippen molar-refractivity contribution in [3.63, 3.8) is 0 Å². The van der Waals surface area contributed by atoms with E-state index in [2.05, 4.69) is 12.2 Å². The Balaban J connectivity index is 1.83. The van der Waals surface area contributed by atoms with Crippen molar-refractivity contribution in [2.75, 3.05) is 6.54 Å². The first-order valence-electron chi connectivity index (χ1n) is 12.3. The smallest absolute Gasteiger partial charge is 0.220 e. The van der Waals surface area contributed by atoms with Gasteiger partial charge in [-0.1, -0.05) is 89.7 Å². The number of rotatable bonds is 19. The lowest BCUT2D eigenvalue weighted by Crippen LogP contribution is -2.25. The first-order chi connectivity index (χ1) is 14.6. The van der Waals surface area contributed by atoms with Crippen LogP contribution in [0.5, 0.6) is 5.75 Å². The zero-order valence-corrected chi connectivity index (χ0v) is 19.2. The van der Waals surface area contributed by atoms with Gasteiger partial charge < -0.3 is 15.5 Å². The molecule has 0 heterocycles. The standard InChI is InChI=1S/C26H45NO3/c1-2-3-4-11-14-24(28)15-12-9-7-5-6-8-10-13-16-26(30)27-22-21-23-17-19-25(29)20-18-23/h17-20,24,28-29H,2-16,21-22H2,1H3,(H,27,30). The zero-order valence-electron chi connectivity index (χ0n) is 19.2. The molecule has 0 saturated carbocycles. The molecule has 0 fully saturated rings. The van der Waals surface area contributed by atoms with Gasteiger partial charge in [0, 0.05) is 13.0 Å². The van der Waals surface area contributed by atoms with Crippen LogP contribution in [-0.4, -0.2) is 28.8 Å². The summed E-state index contributed by atoms with van der Waals surface area (Å²) in [5.41, 5.74) is 1.12. The summed E-state index contributed by atoms with van der Waals surface area (Å²) in [6.45, 7) is 2.87. The molecule has 0 aliphatic rings. The van der Waals surface area contributed by atoms with Gasteiger partial charge in [0.1, 0.15) is 5.75 Å². The minimum absolute atomic E-state index is 0.0888. The van der Waals surface area contributed by atoms with Crippen LogP contribution < -0.4 is 5.32 Å². The largest absolute Gasteiger partial charge is 0.508 e. The third kappa shape index (κ3) is 15.3. The highest BCUT2D eigenvalue weighted by molar-refractivity contribution is 5.75. The molecule has 1 atom stereocenters. The Morgan fingerprint density at radius 2 is 1.37 bits per heavy atom. The fourth-order valence-electron chi connectivity index (χ4n) is 3.77. The Hall–Kier alpha value is -1.55. The third-order valence-corrected chi connectivity index (χ3v) is 5.75. The number of amides is 1. The van der Waals surface area contributed by atoms with Crippen molar-refractivity contribution in [2.24, 2.45) is 0 Å². The lowest BCUT2D eigenvalue weighted by Gasteiger charge is -2.10. The van der Waals surface area contributed by atoms with Crippen molar-refractivity contribution in [1.82, 2.24) is 5.32 Å². The number of phenols is 1.